The van der Waals surface area contributed by atoms with Gasteiger partial charge >= 0.3 is 0 Å². The molecule has 1 N–H and O–H groups in total. The summed E-state index contributed by atoms with van der Waals surface area (Å²) >= 11 is 0. The van der Waals surface area contributed by atoms with Crippen LogP contribution in [0.3, 0.4) is 0 Å². The molecule has 1 aliphatic carbocycles. The molecule has 1 nitrogen and oxygen atoms in total. The minimum Gasteiger partial charge on any atom is -0.386 e. The van der Waals surface area contributed by atoms with E-state index in [4.69, 9.17) is 0 Å². The van der Waals surface area contributed by atoms with Gasteiger partial charge in [0.25, 0.3) is 0 Å². The van der Waals surface area contributed by atoms with E-state index in [1.54, 1.807) is 0 Å². The van der Waals surface area contributed by atoms with E-state index in [0.29, 0.717) is 11.8 Å². The summed E-state index contributed by atoms with van der Waals surface area (Å²) in [5.41, 5.74) is 0.832. The molecule has 0 fully saturated rings. The van der Waals surface area contributed by atoms with E-state index >= 15 is 0 Å². The van der Waals surface area contributed by atoms with Crippen LogP contribution < -0.4 is 0 Å². The average Bonchev–Trinajstić information content (AvgIpc) is 2.16. The van der Waals surface area contributed by atoms with Crippen LogP contribution in [0.1, 0.15) is 53.4 Å². The zero-order chi connectivity index (χ0) is 12.2. The number of hydrogen-bond acceptors (Lipinski definition) is 1. The Hall–Kier alpha value is -0.560. The first kappa shape index (κ1) is 13.5. The predicted molar refractivity (Wildman–Crippen MR) is 70.3 cm³/mol. The largest absolute Gasteiger partial charge is 0.386 e. The molecule has 0 bridgehead atoms. The molecule has 0 heterocycles. The highest BCUT2D eigenvalue weighted by atomic mass is 16.3. The van der Waals surface area contributed by atoms with Gasteiger partial charge in [0.1, 0.15) is 0 Å². The second kappa shape index (κ2) is 5.67. The lowest BCUT2D eigenvalue weighted by Crippen LogP contribution is -2.21. The number of hydrogen-bond donors (Lipinski definition) is 1. The average molecular weight is 222 g/mol. The third-order valence-corrected chi connectivity index (χ3v) is 3.57. The highest BCUT2D eigenvalue weighted by molar-refractivity contribution is 5.07. The predicted octanol–water partition coefficient (Wildman–Crippen LogP) is 4.09. The minimum atomic E-state index is -0.638. The van der Waals surface area contributed by atoms with Gasteiger partial charge in [-0.1, -0.05) is 37.6 Å². The summed E-state index contributed by atoms with van der Waals surface area (Å²) in [4.78, 5) is 0. The molecule has 0 saturated heterocycles. The van der Waals surface area contributed by atoms with Gasteiger partial charge in [-0.05, 0) is 51.4 Å². The highest BCUT2D eigenvalue weighted by Crippen LogP contribution is 2.25. The second-order valence-electron chi connectivity index (χ2n) is 5.75. The van der Waals surface area contributed by atoms with Crippen molar-refractivity contribution >= 4 is 0 Å². The zero-order valence-corrected chi connectivity index (χ0v) is 11.2. The number of allylic oxidation sites excluding steroid dienone is 3. The summed E-state index contributed by atoms with van der Waals surface area (Å²) in [6.45, 7) is 8.63. The SMILES string of the molecule is C/C1=C/CC[C@@](C)(O)/C=C\[C@H](C(C)C)CC1. The van der Waals surface area contributed by atoms with Gasteiger partial charge < -0.3 is 5.11 Å². The Morgan fingerprint density at radius 2 is 2.12 bits per heavy atom. The number of aliphatic hydroxyl groups is 1. The molecule has 92 valence electrons. The Bertz CT molecular complexity index is 271. The van der Waals surface area contributed by atoms with Crippen LogP contribution in [0.4, 0.5) is 0 Å². The summed E-state index contributed by atoms with van der Waals surface area (Å²) in [5.74, 6) is 1.24. The first-order chi connectivity index (χ1) is 7.41. The lowest BCUT2D eigenvalue weighted by molar-refractivity contribution is 0.102. The van der Waals surface area contributed by atoms with Crippen LogP contribution in [-0.2, 0) is 0 Å². The maximum Gasteiger partial charge on any atom is 0.0802 e. The molecule has 2 atom stereocenters. The van der Waals surface area contributed by atoms with Crippen LogP contribution >= 0.6 is 0 Å². The monoisotopic (exact) mass is 222 g/mol. The normalized spacial score (nSPS) is 37.9. The van der Waals surface area contributed by atoms with Gasteiger partial charge in [-0.2, -0.15) is 0 Å². The molecule has 0 aromatic heterocycles. The van der Waals surface area contributed by atoms with Crippen molar-refractivity contribution < 1.29 is 5.11 Å². The lowest BCUT2D eigenvalue weighted by atomic mass is 9.86. The van der Waals surface area contributed by atoms with Crippen LogP contribution in [0.5, 0.6) is 0 Å². The second-order valence-corrected chi connectivity index (χ2v) is 5.75. The van der Waals surface area contributed by atoms with E-state index in [1.807, 2.05) is 13.0 Å². The van der Waals surface area contributed by atoms with Crippen molar-refractivity contribution in [1.82, 2.24) is 0 Å². The van der Waals surface area contributed by atoms with Crippen molar-refractivity contribution in [1.29, 1.82) is 0 Å². The van der Waals surface area contributed by atoms with Crippen LogP contribution in [0.2, 0.25) is 0 Å². The first-order valence-electron chi connectivity index (χ1n) is 6.48. The molecule has 16 heavy (non-hydrogen) atoms. The molecular weight excluding hydrogens is 196 g/mol. The van der Waals surface area contributed by atoms with Gasteiger partial charge in [-0.15, -0.1) is 0 Å². The summed E-state index contributed by atoms with van der Waals surface area (Å²) in [6, 6.07) is 0. The third-order valence-electron chi connectivity index (χ3n) is 3.57. The Morgan fingerprint density at radius 3 is 2.75 bits per heavy atom. The first-order valence-corrected chi connectivity index (χ1v) is 6.48. The van der Waals surface area contributed by atoms with Gasteiger partial charge in [0.05, 0.1) is 5.60 Å². The van der Waals surface area contributed by atoms with Gasteiger partial charge in [-0.3, -0.25) is 0 Å². The molecule has 0 spiro atoms. The molecule has 0 radical (unpaired) electrons. The lowest BCUT2D eigenvalue weighted by Gasteiger charge is -2.23. The summed E-state index contributed by atoms with van der Waals surface area (Å²) in [5, 5.41) is 10.2. The zero-order valence-electron chi connectivity index (χ0n) is 11.2. The van der Waals surface area contributed by atoms with E-state index in [9.17, 15) is 5.11 Å². The van der Waals surface area contributed by atoms with Crippen molar-refractivity contribution in [2.45, 2.75) is 59.0 Å². The quantitative estimate of drug-likeness (QED) is 0.663. The van der Waals surface area contributed by atoms with Gasteiger partial charge in [0, 0.05) is 0 Å². The fraction of sp³-hybridized carbons (Fsp3) is 0.733. The van der Waals surface area contributed by atoms with Crippen molar-refractivity contribution in [3.05, 3.63) is 23.8 Å². The van der Waals surface area contributed by atoms with Crippen LogP contribution in [0.25, 0.3) is 0 Å². The molecule has 1 rings (SSSR count). The van der Waals surface area contributed by atoms with Gasteiger partial charge in [-0.25, -0.2) is 0 Å². The molecule has 1 aliphatic rings. The van der Waals surface area contributed by atoms with Crippen LogP contribution in [0.15, 0.2) is 23.8 Å². The smallest absolute Gasteiger partial charge is 0.0802 e. The standard InChI is InChI=1S/C15H26O/c1-12(2)14-8-7-13(3)6-5-10-15(4,16)11-9-14/h6,9,11-12,14,16H,5,7-8,10H2,1-4H3/b11-9-,13-6-/t14-,15-/m1/s1. The van der Waals surface area contributed by atoms with E-state index in [0.717, 1.165) is 12.8 Å². The molecule has 0 aromatic carbocycles. The summed E-state index contributed by atoms with van der Waals surface area (Å²) in [6.07, 6.45) is 10.7. The maximum atomic E-state index is 10.2. The Balaban J connectivity index is 2.79. The Morgan fingerprint density at radius 1 is 1.44 bits per heavy atom. The molecule has 0 amide bonds. The molecule has 0 aromatic rings. The van der Waals surface area contributed by atoms with Crippen LogP contribution in [0, 0.1) is 11.8 Å². The molecule has 0 unspecified atom stereocenters. The minimum absolute atomic E-state index is 0.591. The summed E-state index contributed by atoms with van der Waals surface area (Å²) < 4.78 is 0. The van der Waals surface area contributed by atoms with Gasteiger partial charge in [0.15, 0.2) is 0 Å². The molecular formula is C15H26O. The molecule has 0 aliphatic heterocycles. The Labute approximate surface area is 100 Å². The molecule has 0 saturated carbocycles. The third kappa shape index (κ3) is 4.52. The fourth-order valence-electron chi connectivity index (χ4n) is 2.17. The van der Waals surface area contributed by atoms with Crippen molar-refractivity contribution in [2.24, 2.45) is 11.8 Å². The van der Waals surface area contributed by atoms with E-state index < -0.39 is 5.60 Å². The van der Waals surface area contributed by atoms with Crippen molar-refractivity contribution in [3.63, 3.8) is 0 Å². The highest BCUT2D eigenvalue weighted by Gasteiger charge is 2.18. The topological polar surface area (TPSA) is 20.2 Å². The van der Waals surface area contributed by atoms with Crippen molar-refractivity contribution in [3.8, 4) is 0 Å². The molecule has 1 heteroatoms. The van der Waals surface area contributed by atoms with E-state index in [-0.39, 0.29) is 0 Å². The van der Waals surface area contributed by atoms with E-state index in [1.165, 1.54) is 18.4 Å². The number of rotatable bonds is 1. The van der Waals surface area contributed by atoms with Crippen LogP contribution in [-0.4, -0.2) is 10.7 Å². The Kier molecular flexibility index (Phi) is 4.79. The fourth-order valence-corrected chi connectivity index (χ4v) is 2.17. The summed E-state index contributed by atoms with van der Waals surface area (Å²) in [7, 11) is 0. The van der Waals surface area contributed by atoms with Gasteiger partial charge in [0.2, 0.25) is 0 Å². The van der Waals surface area contributed by atoms with E-state index in [2.05, 4.69) is 32.9 Å². The maximum absolute atomic E-state index is 10.2. The van der Waals surface area contributed by atoms with Crippen molar-refractivity contribution in [2.75, 3.05) is 0 Å².